The number of rotatable bonds is 3. The van der Waals surface area contributed by atoms with Crippen LogP contribution in [0.15, 0.2) is 41.6 Å². The minimum Gasteiger partial charge on any atom is -0.506 e. The Kier molecular flexibility index (Phi) is 3.35. The number of hydrogen-bond acceptors (Lipinski definition) is 5. The number of aromatic nitrogens is 2. The maximum Gasteiger partial charge on any atom is 0.265 e. The Labute approximate surface area is 108 Å². The third kappa shape index (κ3) is 2.69. The Hall–Kier alpha value is -1.86. The molecule has 0 atom stereocenters. The molecule has 8 heteroatoms. The number of phenols is 1. The summed E-state index contributed by atoms with van der Waals surface area (Å²) in [7, 11) is -3.85. The summed E-state index contributed by atoms with van der Waals surface area (Å²) in [6, 6.07) is 5.98. The highest BCUT2D eigenvalue weighted by Gasteiger charge is 2.16. The van der Waals surface area contributed by atoms with Crippen LogP contribution in [0.5, 0.6) is 5.75 Å². The highest BCUT2D eigenvalue weighted by atomic mass is 35.5. The van der Waals surface area contributed by atoms with Gasteiger partial charge in [0.05, 0.1) is 18.1 Å². The van der Waals surface area contributed by atoms with Crippen molar-refractivity contribution in [3.63, 3.8) is 0 Å². The van der Waals surface area contributed by atoms with Crippen LogP contribution in [0, 0.1) is 0 Å². The summed E-state index contributed by atoms with van der Waals surface area (Å²) in [5.41, 5.74) is 0.0763. The van der Waals surface area contributed by atoms with Crippen LogP contribution >= 0.6 is 11.6 Å². The molecule has 0 saturated heterocycles. The second-order valence-corrected chi connectivity index (χ2v) is 5.33. The van der Waals surface area contributed by atoms with Crippen LogP contribution in [0.25, 0.3) is 0 Å². The first-order chi connectivity index (χ1) is 8.49. The summed E-state index contributed by atoms with van der Waals surface area (Å²) in [5, 5.41) is 9.44. The van der Waals surface area contributed by atoms with Gasteiger partial charge >= 0.3 is 0 Å². The molecule has 18 heavy (non-hydrogen) atoms. The molecule has 0 unspecified atom stereocenters. The quantitative estimate of drug-likeness (QED) is 0.660. The lowest BCUT2D eigenvalue weighted by atomic mass is 10.3. The highest BCUT2D eigenvalue weighted by Crippen LogP contribution is 2.24. The first-order valence-electron chi connectivity index (χ1n) is 4.77. The van der Waals surface area contributed by atoms with E-state index in [0.29, 0.717) is 0 Å². The number of benzene rings is 1. The van der Waals surface area contributed by atoms with Crippen molar-refractivity contribution in [1.82, 2.24) is 9.97 Å². The Bertz CT molecular complexity index is 658. The number of phenolic OH excluding ortho intramolecular Hbond substituents is 1. The lowest BCUT2D eigenvalue weighted by Gasteiger charge is -2.08. The van der Waals surface area contributed by atoms with Crippen molar-refractivity contribution in [2.24, 2.45) is 0 Å². The van der Waals surface area contributed by atoms with E-state index in [1.54, 1.807) is 12.1 Å². The molecule has 2 rings (SSSR count). The fourth-order valence-corrected chi connectivity index (χ4v) is 2.26. The van der Waals surface area contributed by atoms with Gasteiger partial charge in [-0.1, -0.05) is 12.1 Å². The molecular weight excluding hydrogens is 278 g/mol. The Morgan fingerprint density at radius 3 is 2.39 bits per heavy atom. The Balaban J connectivity index is 2.33. The second kappa shape index (κ2) is 4.79. The number of para-hydroxylation sites is 2. The number of anilines is 1. The van der Waals surface area contributed by atoms with Crippen LogP contribution in [0.1, 0.15) is 0 Å². The fourth-order valence-electron chi connectivity index (χ4n) is 1.20. The third-order valence-electron chi connectivity index (χ3n) is 2.06. The van der Waals surface area contributed by atoms with Crippen molar-refractivity contribution < 1.29 is 13.5 Å². The number of halogens is 1. The minimum absolute atomic E-state index is 0.0449. The molecule has 0 radical (unpaired) electrons. The normalized spacial score (nSPS) is 11.2. The van der Waals surface area contributed by atoms with Gasteiger partial charge in [-0.05, 0) is 23.7 Å². The average molecular weight is 286 g/mol. The molecule has 0 saturated carbocycles. The van der Waals surface area contributed by atoms with E-state index < -0.39 is 10.0 Å². The van der Waals surface area contributed by atoms with Crippen molar-refractivity contribution in [3.05, 3.63) is 41.9 Å². The number of nitrogens with zero attached hydrogens (tertiary/aromatic N) is 2. The summed E-state index contributed by atoms with van der Waals surface area (Å²) >= 11 is 5.47. The molecule has 0 aliphatic carbocycles. The molecule has 94 valence electrons. The van der Waals surface area contributed by atoms with Gasteiger partial charge in [-0.3, -0.25) is 4.72 Å². The van der Waals surface area contributed by atoms with Gasteiger partial charge in [-0.15, -0.1) is 0 Å². The van der Waals surface area contributed by atoms with Gasteiger partial charge in [0, 0.05) is 0 Å². The lowest BCUT2D eigenvalue weighted by molar-refractivity contribution is 0.477. The summed E-state index contributed by atoms with van der Waals surface area (Å²) in [4.78, 5) is 7.02. The van der Waals surface area contributed by atoms with Crippen molar-refractivity contribution in [3.8, 4) is 5.75 Å². The van der Waals surface area contributed by atoms with Crippen molar-refractivity contribution in [2.45, 2.75) is 4.90 Å². The van der Waals surface area contributed by atoms with Gasteiger partial charge in [0.1, 0.15) is 10.6 Å². The van der Waals surface area contributed by atoms with E-state index in [9.17, 15) is 13.5 Å². The van der Waals surface area contributed by atoms with Gasteiger partial charge in [0.2, 0.25) is 5.28 Å². The molecule has 0 spiro atoms. The zero-order chi connectivity index (χ0) is 13.2. The summed E-state index contributed by atoms with van der Waals surface area (Å²) in [6.07, 6.45) is 2.16. The molecule has 1 heterocycles. The van der Waals surface area contributed by atoms with Crippen molar-refractivity contribution in [2.75, 3.05) is 4.72 Å². The van der Waals surface area contributed by atoms with Crippen LogP contribution in [0.4, 0.5) is 5.69 Å². The molecule has 0 aliphatic rings. The average Bonchev–Trinajstić information content (AvgIpc) is 2.32. The molecule has 0 bridgehead atoms. The maximum atomic E-state index is 11.9. The SMILES string of the molecule is O=S(=O)(Nc1ccccc1O)c1cnc(Cl)nc1. The van der Waals surface area contributed by atoms with Crippen LogP contribution in [-0.4, -0.2) is 23.5 Å². The predicted octanol–water partition coefficient (Wildman–Crippen LogP) is 1.64. The van der Waals surface area contributed by atoms with E-state index in [1.165, 1.54) is 12.1 Å². The van der Waals surface area contributed by atoms with E-state index in [-0.39, 0.29) is 21.6 Å². The minimum atomic E-state index is -3.85. The first kappa shape index (κ1) is 12.6. The van der Waals surface area contributed by atoms with Gasteiger partial charge in [-0.2, -0.15) is 0 Å². The van der Waals surface area contributed by atoms with E-state index in [4.69, 9.17) is 11.6 Å². The van der Waals surface area contributed by atoms with Crippen molar-refractivity contribution in [1.29, 1.82) is 0 Å². The molecule has 2 N–H and O–H groups in total. The van der Waals surface area contributed by atoms with Crippen LogP contribution in [-0.2, 0) is 10.0 Å². The lowest BCUT2D eigenvalue weighted by Crippen LogP contribution is -2.13. The summed E-state index contributed by atoms with van der Waals surface area (Å²) < 4.78 is 26.1. The standard InChI is InChI=1S/C10H8ClN3O3S/c11-10-12-5-7(6-13-10)18(16,17)14-8-3-1-2-4-9(8)15/h1-6,14-15H. The van der Waals surface area contributed by atoms with Crippen LogP contribution in [0.2, 0.25) is 5.28 Å². The fraction of sp³-hybridized carbons (Fsp3) is 0. The van der Waals surface area contributed by atoms with Gasteiger partial charge in [0.25, 0.3) is 10.0 Å². The molecule has 1 aromatic heterocycles. The molecule has 2 aromatic rings. The maximum absolute atomic E-state index is 11.9. The Morgan fingerprint density at radius 1 is 1.17 bits per heavy atom. The van der Waals surface area contributed by atoms with Gasteiger partial charge < -0.3 is 5.11 Å². The van der Waals surface area contributed by atoms with Gasteiger partial charge in [0.15, 0.2) is 0 Å². The summed E-state index contributed by atoms with van der Waals surface area (Å²) in [6.45, 7) is 0. The highest BCUT2D eigenvalue weighted by molar-refractivity contribution is 7.92. The monoisotopic (exact) mass is 285 g/mol. The number of sulfonamides is 1. The Morgan fingerprint density at radius 2 is 1.78 bits per heavy atom. The van der Waals surface area contributed by atoms with Gasteiger partial charge in [-0.25, -0.2) is 18.4 Å². The third-order valence-corrected chi connectivity index (χ3v) is 3.57. The van der Waals surface area contributed by atoms with E-state index in [0.717, 1.165) is 12.4 Å². The van der Waals surface area contributed by atoms with Crippen LogP contribution < -0.4 is 4.72 Å². The molecule has 1 aromatic carbocycles. The molecular formula is C10H8ClN3O3S. The molecule has 0 fully saturated rings. The van der Waals surface area contributed by atoms with Crippen LogP contribution in [0.3, 0.4) is 0 Å². The number of nitrogens with one attached hydrogen (secondary N) is 1. The second-order valence-electron chi connectivity index (χ2n) is 3.31. The number of hydrogen-bond donors (Lipinski definition) is 2. The molecule has 0 amide bonds. The smallest absolute Gasteiger partial charge is 0.265 e. The predicted molar refractivity (Wildman–Crippen MR) is 66.0 cm³/mol. The number of aromatic hydroxyl groups is 1. The van der Waals surface area contributed by atoms with E-state index >= 15 is 0 Å². The van der Waals surface area contributed by atoms with E-state index in [1.807, 2.05) is 0 Å². The first-order valence-corrected chi connectivity index (χ1v) is 6.63. The molecule has 6 nitrogen and oxygen atoms in total. The molecule has 0 aliphatic heterocycles. The van der Waals surface area contributed by atoms with Crippen molar-refractivity contribution >= 4 is 27.3 Å². The largest absolute Gasteiger partial charge is 0.506 e. The zero-order valence-corrected chi connectivity index (χ0v) is 10.5. The van der Waals surface area contributed by atoms with E-state index in [2.05, 4.69) is 14.7 Å². The summed E-state index contributed by atoms with van der Waals surface area (Å²) in [5.74, 6) is -0.170. The topological polar surface area (TPSA) is 92.2 Å². The zero-order valence-electron chi connectivity index (χ0n) is 8.91.